The highest BCUT2D eigenvalue weighted by atomic mass is 79.9. The molecular weight excluding hydrogens is 384 g/mol. The summed E-state index contributed by atoms with van der Waals surface area (Å²) in [7, 11) is 0. The predicted molar refractivity (Wildman–Crippen MR) is 100 cm³/mol. The van der Waals surface area contributed by atoms with Gasteiger partial charge in [-0.2, -0.15) is 5.26 Å². The molecule has 0 heterocycles. The molecule has 0 radical (unpaired) electrons. The van der Waals surface area contributed by atoms with Gasteiger partial charge in [-0.05, 0) is 77.8 Å². The molecule has 0 aliphatic rings. The molecule has 0 unspecified atom stereocenters. The van der Waals surface area contributed by atoms with Gasteiger partial charge in [0.15, 0.2) is 0 Å². The highest BCUT2D eigenvalue weighted by Gasteiger charge is 2.11. The lowest BCUT2D eigenvalue weighted by Crippen LogP contribution is -2.13. The largest absolute Gasteiger partial charge is 0.508 e. The molecule has 1 amide bonds. The van der Waals surface area contributed by atoms with E-state index in [2.05, 4.69) is 21.2 Å². The summed E-state index contributed by atoms with van der Waals surface area (Å²) < 4.78 is 6.38. The summed E-state index contributed by atoms with van der Waals surface area (Å²) in [5.74, 6) is 0.272. The van der Waals surface area contributed by atoms with E-state index in [0.29, 0.717) is 17.0 Å². The van der Waals surface area contributed by atoms with Crippen LogP contribution in [0, 0.1) is 11.3 Å². The van der Waals surface area contributed by atoms with Crippen LogP contribution in [0.4, 0.5) is 5.69 Å². The fourth-order valence-electron chi connectivity index (χ4n) is 2.01. The molecule has 6 heteroatoms. The van der Waals surface area contributed by atoms with Crippen LogP contribution in [0.1, 0.15) is 19.4 Å². The topological polar surface area (TPSA) is 82.3 Å². The molecule has 2 N–H and O–H groups in total. The number of benzene rings is 2. The molecule has 0 spiro atoms. The first-order chi connectivity index (χ1) is 11.9. The average Bonchev–Trinajstić information content (AvgIpc) is 2.56. The zero-order valence-electron chi connectivity index (χ0n) is 13.8. The van der Waals surface area contributed by atoms with Crippen molar-refractivity contribution in [3.05, 3.63) is 58.1 Å². The predicted octanol–water partition coefficient (Wildman–Crippen LogP) is 4.49. The Labute approximate surface area is 154 Å². The van der Waals surface area contributed by atoms with Crippen molar-refractivity contribution in [3.8, 4) is 17.6 Å². The number of halogens is 1. The number of aromatic hydroxyl groups is 1. The van der Waals surface area contributed by atoms with Crippen LogP contribution in [0.5, 0.6) is 11.5 Å². The highest BCUT2D eigenvalue weighted by molar-refractivity contribution is 9.10. The van der Waals surface area contributed by atoms with E-state index in [9.17, 15) is 15.2 Å². The maximum atomic E-state index is 12.2. The Bertz CT molecular complexity index is 837. The third kappa shape index (κ3) is 5.37. The second-order valence-electron chi connectivity index (χ2n) is 5.53. The van der Waals surface area contributed by atoms with Crippen LogP contribution < -0.4 is 10.1 Å². The van der Waals surface area contributed by atoms with Crippen molar-refractivity contribution < 1.29 is 14.6 Å². The molecule has 0 atom stereocenters. The van der Waals surface area contributed by atoms with Gasteiger partial charge in [0, 0.05) is 5.69 Å². The highest BCUT2D eigenvalue weighted by Crippen LogP contribution is 2.28. The second kappa shape index (κ2) is 8.36. The Kier molecular flexibility index (Phi) is 6.20. The molecule has 5 nitrogen and oxygen atoms in total. The number of phenols is 1. The minimum atomic E-state index is -0.521. The maximum absolute atomic E-state index is 12.2. The molecule has 2 rings (SSSR count). The van der Waals surface area contributed by atoms with Gasteiger partial charge in [-0.3, -0.25) is 4.79 Å². The molecular formula is C19H17BrN2O3. The van der Waals surface area contributed by atoms with Crippen LogP contribution >= 0.6 is 15.9 Å². The van der Waals surface area contributed by atoms with Crippen molar-refractivity contribution in [2.24, 2.45) is 0 Å². The zero-order valence-corrected chi connectivity index (χ0v) is 15.4. The van der Waals surface area contributed by atoms with Crippen LogP contribution in [0.3, 0.4) is 0 Å². The summed E-state index contributed by atoms with van der Waals surface area (Å²) in [5, 5.41) is 21.1. The summed E-state index contributed by atoms with van der Waals surface area (Å²) in [4.78, 5) is 12.2. The van der Waals surface area contributed by atoms with Gasteiger partial charge in [0.25, 0.3) is 5.91 Å². The number of phenolic OH excluding ortho intramolecular Hbond substituents is 1. The molecule has 0 saturated heterocycles. The molecule has 128 valence electrons. The van der Waals surface area contributed by atoms with Crippen molar-refractivity contribution in [2.75, 3.05) is 5.32 Å². The van der Waals surface area contributed by atoms with Gasteiger partial charge >= 0.3 is 0 Å². The first-order valence-corrected chi connectivity index (χ1v) is 8.36. The molecule has 0 saturated carbocycles. The molecule has 0 aromatic heterocycles. The third-order valence-electron chi connectivity index (χ3n) is 3.12. The zero-order chi connectivity index (χ0) is 18.4. The van der Waals surface area contributed by atoms with Crippen molar-refractivity contribution in [2.45, 2.75) is 20.0 Å². The number of rotatable bonds is 5. The number of hydrogen-bond acceptors (Lipinski definition) is 4. The number of hydrogen-bond donors (Lipinski definition) is 2. The second-order valence-corrected chi connectivity index (χ2v) is 6.38. The number of ether oxygens (including phenoxy) is 1. The van der Waals surface area contributed by atoms with E-state index in [1.54, 1.807) is 30.3 Å². The van der Waals surface area contributed by atoms with Crippen LogP contribution in [-0.2, 0) is 4.79 Å². The molecule has 25 heavy (non-hydrogen) atoms. The molecule has 0 aliphatic carbocycles. The Hall–Kier alpha value is -2.78. The van der Waals surface area contributed by atoms with Crippen molar-refractivity contribution in [1.82, 2.24) is 0 Å². The Balaban J connectivity index is 2.19. The Morgan fingerprint density at radius 3 is 2.52 bits per heavy atom. The number of anilines is 1. The summed E-state index contributed by atoms with van der Waals surface area (Å²) >= 11 is 3.42. The van der Waals surface area contributed by atoms with Crippen LogP contribution in [-0.4, -0.2) is 17.1 Å². The first kappa shape index (κ1) is 18.6. The van der Waals surface area contributed by atoms with Gasteiger partial charge in [0.1, 0.15) is 23.1 Å². The normalized spacial score (nSPS) is 11.1. The summed E-state index contributed by atoms with van der Waals surface area (Å²) in [6.45, 7) is 3.86. The fraction of sp³-hybridized carbons (Fsp3) is 0.158. The van der Waals surface area contributed by atoms with Crippen LogP contribution in [0.25, 0.3) is 6.08 Å². The molecule has 0 bridgehead atoms. The molecule has 0 aliphatic heterocycles. The van der Waals surface area contributed by atoms with Crippen molar-refractivity contribution in [1.29, 1.82) is 5.26 Å². The van der Waals surface area contributed by atoms with E-state index in [1.165, 1.54) is 18.2 Å². The molecule has 2 aromatic carbocycles. The van der Waals surface area contributed by atoms with E-state index in [4.69, 9.17) is 4.74 Å². The number of nitrogens with one attached hydrogen (secondary N) is 1. The van der Waals surface area contributed by atoms with Gasteiger partial charge in [-0.15, -0.1) is 0 Å². The van der Waals surface area contributed by atoms with E-state index in [0.717, 1.165) is 4.47 Å². The van der Waals surface area contributed by atoms with Gasteiger partial charge < -0.3 is 15.2 Å². The van der Waals surface area contributed by atoms with E-state index in [-0.39, 0.29) is 17.4 Å². The van der Waals surface area contributed by atoms with Gasteiger partial charge in [0.2, 0.25) is 0 Å². The average molecular weight is 401 g/mol. The Morgan fingerprint density at radius 1 is 1.28 bits per heavy atom. The summed E-state index contributed by atoms with van der Waals surface area (Å²) in [6.07, 6.45) is 1.54. The smallest absolute Gasteiger partial charge is 0.266 e. The molecule has 0 fully saturated rings. The number of amides is 1. The van der Waals surface area contributed by atoms with E-state index in [1.807, 2.05) is 19.9 Å². The lowest BCUT2D eigenvalue weighted by Gasteiger charge is -2.11. The minimum Gasteiger partial charge on any atom is -0.508 e. The fourth-order valence-corrected chi connectivity index (χ4v) is 2.50. The summed E-state index contributed by atoms with van der Waals surface area (Å²) in [5.41, 5.74) is 1.16. The van der Waals surface area contributed by atoms with Crippen LogP contribution in [0.2, 0.25) is 0 Å². The lowest BCUT2D eigenvalue weighted by molar-refractivity contribution is -0.112. The van der Waals surface area contributed by atoms with Gasteiger partial charge in [-0.25, -0.2) is 0 Å². The van der Waals surface area contributed by atoms with E-state index < -0.39 is 5.91 Å². The van der Waals surface area contributed by atoms with Gasteiger partial charge in [0.05, 0.1) is 10.6 Å². The number of nitrogens with zero attached hydrogens (tertiary/aromatic N) is 1. The molecule has 2 aromatic rings. The van der Waals surface area contributed by atoms with E-state index >= 15 is 0 Å². The van der Waals surface area contributed by atoms with Gasteiger partial charge in [-0.1, -0.05) is 6.07 Å². The monoisotopic (exact) mass is 400 g/mol. The quantitative estimate of drug-likeness (QED) is 0.440. The third-order valence-corrected chi connectivity index (χ3v) is 3.74. The Morgan fingerprint density at radius 2 is 1.96 bits per heavy atom. The first-order valence-electron chi connectivity index (χ1n) is 7.57. The van der Waals surface area contributed by atoms with Crippen molar-refractivity contribution in [3.63, 3.8) is 0 Å². The standard InChI is InChI=1S/C19H17BrN2O3/c1-12(2)25-18-8-3-13(10-17(18)20)9-14(11-21)19(24)22-15-4-6-16(23)7-5-15/h3-10,12,23H,1-2H3,(H,22,24)/b14-9+. The van der Waals surface area contributed by atoms with Crippen molar-refractivity contribution >= 4 is 33.6 Å². The number of nitriles is 1. The van der Waals surface area contributed by atoms with Crippen LogP contribution in [0.15, 0.2) is 52.5 Å². The SMILES string of the molecule is CC(C)Oc1ccc(/C=C(\C#N)C(=O)Nc2ccc(O)cc2)cc1Br. The number of carbonyl (C=O) groups is 1. The number of carbonyl (C=O) groups excluding carboxylic acids is 1. The summed E-state index contributed by atoms with van der Waals surface area (Å²) in [6, 6.07) is 13.2. The lowest BCUT2D eigenvalue weighted by atomic mass is 10.1. The maximum Gasteiger partial charge on any atom is 0.266 e. The minimum absolute atomic E-state index is 0.0301.